The van der Waals surface area contributed by atoms with Crippen molar-refractivity contribution in [3.05, 3.63) is 39.9 Å². The van der Waals surface area contributed by atoms with Gasteiger partial charge in [-0.2, -0.15) is 0 Å². The van der Waals surface area contributed by atoms with Crippen LogP contribution in [0.15, 0.2) is 24.3 Å². The number of hydrogen-bond donors (Lipinski definition) is 1. The van der Waals surface area contributed by atoms with Crippen LogP contribution >= 0.6 is 23.2 Å². The molecule has 98 valence electrons. The number of carbonyl (C=O) groups excluding carboxylic acids is 1. The lowest BCUT2D eigenvalue weighted by atomic mass is 10.2. The molecule has 1 N–H and O–H groups in total. The second-order valence-corrected chi connectivity index (χ2v) is 4.71. The molecule has 0 saturated carbocycles. The van der Waals surface area contributed by atoms with Gasteiger partial charge in [0.2, 0.25) is 5.91 Å². The molecular weight excluding hydrogens is 273 g/mol. The Morgan fingerprint density at radius 1 is 1.50 bits per heavy atom. The number of carbonyl (C=O) groups is 1. The summed E-state index contributed by atoms with van der Waals surface area (Å²) in [4.78, 5) is 11.6. The van der Waals surface area contributed by atoms with Crippen LogP contribution in [0.2, 0.25) is 10.0 Å². The summed E-state index contributed by atoms with van der Waals surface area (Å²) in [6.45, 7) is 2.34. The van der Waals surface area contributed by atoms with Crippen molar-refractivity contribution in [2.24, 2.45) is 0 Å². The summed E-state index contributed by atoms with van der Waals surface area (Å²) in [7, 11) is 1.59. The molecule has 0 aliphatic carbocycles. The zero-order valence-electron chi connectivity index (χ0n) is 10.2. The molecule has 1 aromatic rings. The summed E-state index contributed by atoms with van der Waals surface area (Å²) in [6.07, 6.45) is 3.08. The zero-order valence-corrected chi connectivity index (χ0v) is 11.8. The highest BCUT2D eigenvalue weighted by Gasteiger charge is 2.04. The average molecular weight is 288 g/mol. The first-order valence-electron chi connectivity index (χ1n) is 5.45. The van der Waals surface area contributed by atoms with Crippen molar-refractivity contribution >= 4 is 35.2 Å². The third-order valence-electron chi connectivity index (χ3n) is 2.18. The predicted molar refractivity (Wildman–Crippen MR) is 75.0 cm³/mol. The van der Waals surface area contributed by atoms with Crippen LogP contribution in [0.3, 0.4) is 0 Å². The first kappa shape index (κ1) is 15.0. The molecule has 5 heteroatoms. The SMILES string of the molecule is COC[C@H](C)NC(=O)/C=C/c1ccc(Cl)cc1Cl. The van der Waals surface area contributed by atoms with Crippen LogP contribution in [0.4, 0.5) is 0 Å². The fourth-order valence-corrected chi connectivity index (χ4v) is 1.86. The Kier molecular flexibility index (Phi) is 6.19. The first-order valence-corrected chi connectivity index (χ1v) is 6.21. The molecule has 18 heavy (non-hydrogen) atoms. The zero-order chi connectivity index (χ0) is 13.5. The molecule has 1 amide bonds. The van der Waals surface area contributed by atoms with E-state index in [2.05, 4.69) is 5.32 Å². The van der Waals surface area contributed by atoms with E-state index in [4.69, 9.17) is 27.9 Å². The highest BCUT2D eigenvalue weighted by atomic mass is 35.5. The maximum atomic E-state index is 11.6. The maximum Gasteiger partial charge on any atom is 0.244 e. The van der Waals surface area contributed by atoms with E-state index < -0.39 is 0 Å². The number of amides is 1. The normalized spacial score (nSPS) is 12.7. The van der Waals surface area contributed by atoms with Crippen LogP contribution in [0, 0.1) is 0 Å². The molecule has 3 nitrogen and oxygen atoms in total. The molecule has 0 bridgehead atoms. The van der Waals surface area contributed by atoms with E-state index in [1.54, 1.807) is 31.4 Å². The van der Waals surface area contributed by atoms with Gasteiger partial charge in [-0.3, -0.25) is 4.79 Å². The van der Waals surface area contributed by atoms with Gasteiger partial charge in [0.1, 0.15) is 0 Å². The van der Waals surface area contributed by atoms with Crippen molar-refractivity contribution in [2.75, 3.05) is 13.7 Å². The third-order valence-corrected chi connectivity index (χ3v) is 2.74. The minimum Gasteiger partial charge on any atom is -0.383 e. The molecule has 0 fully saturated rings. The van der Waals surface area contributed by atoms with Gasteiger partial charge in [-0.05, 0) is 30.7 Å². The lowest BCUT2D eigenvalue weighted by molar-refractivity contribution is -0.117. The number of benzene rings is 1. The van der Waals surface area contributed by atoms with E-state index in [0.717, 1.165) is 5.56 Å². The van der Waals surface area contributed by atoms with Crippen LogP contribution in [-0.4, -0.2) is 25.7 Å². The molecule has 1 aromatic carbocycles. The van der Waals surface area contributed by atoms with Crippen molar-refractivity contribution in [1.82, 2.24) is 5.32 Å². The van der Waals surface area contributed by atoms with Crippen LogP contribution in [0.1, 0.15) is 12.5 Å². The largest absolute Gasteiger partial charge is 0.383 e. The van der Waals surface area contributed by atoms with Crippen molar-refractivity contribution < 1.29 is 9.53 Å². The molecule has 0 spiro atoms. The summed E-state index contributed by atoms with van der Waals surface area (Å²) in [5, 5.41) is 3.84. The van der Waals surface area contributed by atoms with E-state index in [9.17, 15) is 4.79 Å². The Bertz CT molecular complexity index is 447. The number of nitrogens with one attached hydrogen (secondary N) is 1. The summed E-state index contributed by atoms with van der Waals surface area (Å²) >= 11 is 11.8. The Morgan fingerprint density at radius 3 is 2.83 bits per heavy atom. The minimum absolute atomic E-state index is 0.0344. The lowest BCUT2D eigenvalue weighted by Gasteiger charge is -2.10. The van der Waals surface area contributed by atoms with Crippen molar-refractivity contribution in [2.45, 2.75) is 13.0 Å². The fourth-order valence-electron chi connectivity index (χ4n) is 1.38. The summed E-state index contributed by atoms with van der Waals surface area (Å²) < 4.78 is 4.92. The van der Waals surface area contributed by atoms with Crippen molar-refractivity contribution in [3.63, 3.8) is 0 Å². The second-order valence-electron chi connectivity index (χ2n) is 3.86. The van der Waals surface area contributed by atoms with E-state index >= 15 is 0 Å². The van der Waals surface area contributed by atoms with E-state index in [-0.39, 0.29) is 11.9 Å². The van der Waals surface area contributed by atoms with Crippen LogP contribution in [0.25, 0.3) is 6.08 Å². The Hall–Kier alpha value is -1.03. The van der Waals surface area contributed by atoms with E-state index in [1.807, 2.05) is 6.92 Å². The second kappa shape index (κ2) is 7.41. The summed E-state index contributed by atoms with van der Waals surface area (Å²) in [6, 6.07) is 5.08. The number of rotatable bonds is 5. The quantitative estimate of drug-likeness (QED) is 0.845. The van der Waals surface area contributed by atoms with Crippen molar-refractivity contribution in [1.29, 1.82) is 0 Å². The van der Waals surface area contributed by atoms with Crippen molar-refractivity contribution in [3.8, 4) is 0 Å². The van der Waals surface area contributed by atoms with Crippen LogP contribution < -0.4 is 5.32 Å². The first-order chi connectivity index (χ1) is 8.52. The van der Waals surface area contributed by atoms with Gasteiger partial charge in [0.05, 0.1) is 6.61 Å². The van der Waals surface area contributed by atoms with Gasteiger partial charge in [0.25, 0.3) is 0 Å². The monoisotopic (exact) mass is 287 g/mol. The predicted octanol–water partition coefficient (Wildman–Crippen LogP) is 3.16. The number of methoxy groups -OCH3 is 1. The van der Waals surface area contributed by atoms with E-state index in [0.29, 0.717) is 16.7 Å². The summed E-state index contributed by atoms with van der Waals surface area (Å²) in [5.41, 5.74) is 0.746. The molecule has 0 aliphatic heterocycles. The molecule has 1 atom stereocenters. The van der Waals surface area contributed by atoms with Gasteiger partial charge in [-0.1, -0.05) is 29.3 Å². The standard InChI is InChI=1S/C13H15Cl2NO2/c1-9(8-18-2)16-13(17)6-4-10-3-5-11(14)7-12(10)15/h3-7,9H,8H2,1-2H3,(H,16,17)/b6-4+/t9-/m0/s1. The van der Waals surface area contributed by atoms with Gasteiger partial charge in [0, 0.05) is 29.3 Å². The van der Waals surface area contributed by atoms with Crippen LogP contribution in [0.5, 0.6) is 0 Å². The number of ether oxygens (including phenoxy) is 1. The van der Waals surface area contributed by atoms with Gasteiger partial charge < -0.3 is 10.1 Å². The highest BCUT2D eigenvalue weighted by molar-refractivity contribution is 6.35. The molecule has 0 heterocycles. The molecule has 1 rings (SSSR count). The lowest BCUT2D eigenvalue weighted by Crippen LogP contribution is -2.34. The molecular formula is C13H15Cl2NO2. The molecule has 0 aliphatic rings. The molecule has 0 radical (unpaired) electrons. The van der Waals surface area contributed by atoms with Gasteiger partial charge in [0.15, 0.2) is 0 Å². The maximum absolute atomic E-state index is 11.6. The van der Waals surface area contributed by atoms with Gasteiger partial charge in [-0.25, -0.2) is 0 Å². The van der Waals surface area contributed by atoms with E-state index in [1.165, 1.54) is 6.08 Å². The fraction of sp³-hybridized carbons (Fsp3) is 0.308. The minimum atomic E-state index is -0.189. The molecule has 0 unspecified atom stereocenters. The average Bonchev–Trinajstić information content (AvgIpc) is 2.28. The number of hydrogen-bond acceptors (Lipinski definition) is 2. The van der Waals surface area contributed by atoms with Gasteiger partial charge in [-0.15, -0.1) is 0 Å². The van der Waals surface area contributed by atoms with Crippen LogP contribution in [-0.2, 0) is 9.53 Å². The molecule has 0 aromatic heterocycles. The Morgan fingerprint density at radius 2 is 2.22 bits per heavy atom. The molecule has 0 saturated heterocycles. The third kappa shape index (κ3) is 5.08. The topological polar surface area (TPSA) is 38.3 Å². The smallest absolute Gasteiger partial charge is 0.244 e. The highest BCUT2D eigenvalue weighted by Crippen LogP contribution is 2.21. The Balaban J connectivity index is 2.60. The Labute approximate surface area is 117 Å². The van der Waals surface area contributed by atoms with Gasteiger partial charge >= 0.3 is 0 Å². The number of halogens is 2. The summed E-state index contributed by atoms with van der Waals surface area (Å²) in [5.74, 6) is -0.189.